The van der Waals surface area contributed by atoms with Crippen molar-refractivity contribution >= 4 is 15.9 Å². The van der Waals surface area contributed by atoms with E-state index in [0.717, 1.165) is 26.1 Å². The van der Waals surface area contributed by atoms with Crippen molar-refractivity contribution in [1.82, 2.24) is 4.90 Å². The van der Waals surface area contributed by atoms with Crippen LogP contribution in [0, 0.1) is 5.41 Å². The Hall–Kier alpha value is 0.400. The van der Waals surface area contributed by atoms with E-state index in [1.165, 1.54) is 24.7 Å². The van der Waals surface area contributed by atoms with Crippen LogP contribution in [0.15, 0.2) is 0 Å². The molecule has 2 nitrogen and oxygen atoms in total. The first kappa shape index (κ1) is 10.9. The summed E-state index contributed by atoms with van der Waals surface area (Å²) in [6, 6.07) is 0. The molecule has 1 saturated heterocycles. The van der Waals surface area contributed by atoms with Gasteiger partial charge in [-0.2, -0.15) is 0 Å². The molecule has 0 spiro atoms. The Morgan fingerprint density at radius 1 is 1.50 bits per heavy atom. The maximum Gasteiger partial charge on any atom is 0.0700 e. The molecular formula is C11H20BrNO. The lowest BCUT2D eigenvalue weighted by Crippen LogP contribution is -2.44. The van der Waals surface area contributed by atoms with Crippen LogP contribution >= 0.6 is 15.9 Å². The molecule has 0 bridgehead atoms. The fourth-order valence-electron chi connectivity index (χ4n) is 2.16. The van der Waals surface area contributed by atoms with Crippen molar-refractivity contribution in [1.29, 1.82) is 0 Å². The molecule has 0 aromatic carbocycles. The zero-order valence-corrected chi connectivity index (χ0v) is 10.6. The van der Waals surface area contributed by atoms with E-state index in [-0.39, 0.29) is 0 Å². The van der Waals surface area contributed by atoms with E-state index in [1.54, 1.807) is 0 Å². The van der Waals surface area contributed by atoms with Crippen molar-refractivity contribution in [2.24, 2.45) is 5.41 Å². The molecule has 0 radical (unpaired) electrons. The fourth-order valence-corrected chi connectivity index (χ4v) is 2.89. The molecule has 82 valence electrons. The smallest absolute Gasteiger partial charge is 0.0700 e. The van der Waals surface area contributed by atoms with Gasteiger partial charge in [0.25, 0.3) is 0 Å². The van der Waals surface area contributed by atoms with E-state index in [4.69, 9.17) is 4.74 Å². The van der Waals surface area contributed by atoms with Crippen LogP contribution in [0.1, 0.15) is 26.2 Å². The summed E-state index contributed by atoms with van der Waals surface area (Å²) in [7, 11) is 0. The largest absolute Gasteiger partial charge is 0.376 e. The highest BCUT2D eigenvalue weighted by molar-refractivity contribution is 9.09. The summed E-state index contributed by atoms with van der Waals surface area (Å²) in [5.74, 6) is 0. The fraction of sp³-hybridized carbons (Fsp3) is 1.00. The number of rotatable bonds is 4. The number of alkyl halides is 1. The predicted octanol–water partition coefficient (Wildman–Crippen LogP) is 2.27. The molecule has 0 N–H and O–H groups in total. The summed E-state index contributed by atoms with van der Waals surface area (Å²) in [5.41, 5.74) is 0.621. The number of hydrogen-bond acceptors (Lipinski definition) is 2. The van der Waals surface area contributed by atoms with Gasteiger partial charge in [0.2, 0.25) is 0 Å². The molecule has 1 heterocycles. The molecule has 2 fully saturated rings. The van der Waals surface area contributed by atoms with Crippen molar-refractivity contribution in [2.45, 2.75) is 32.3 Å². The Morgan fingerprint density at radius 2 is 2.29 bits per heavy atom. The first-order valence-corrected chi connectivity index (χ1v) is 6.80. The van der Waals surface area contributed by atoms with Gasteiger partial charge in [0.15, 0.2) is 0 Å². The zero-order valence-electron chi connectivity index (χ0n) is 8.97. The van der Waals surface area contributed by atoms with E-state index in [2.05, 4.69) is 27.8 Å². The molecule has 14 heavy (non-hydrogen) atoms. The standard InChI is InChI=1S/C11H20BrNO/c1-2-10-7-13(5-6-14-10)9-11(8-12)3-4-11/h10H,2-9H2,1H3. The van der Waals surface area contributed by atoms with Crippen molar-refractivity contribution in [3.63, 3.8) is 0 Å². The first-order valence-electron chi connectivity index (χ1n) is 5.68. The molecule has 2 rings (SSSR count). The Bertz CT molecular complexity index is 194. The van der Waals surface area contributed by atoms with Crippen LogP contribution in [0.5, 0.6) is 0 Å². The van der Waals surface area contributed by atoms with E-state index in [9.17, 15) is 0 Å². The Labute approximate surface area is 95.1 Å². The third-order valence-corrected chi connectivity index (χ3v) is 4.67. The molecule has 1 atom stereocenters. The second-order valence-electron chi connectivity index (χ2n) is 4.77. The van der Waals surface area contributed by atoms with Gasteiger partial charge in [-0.15, -0.1) is 0 Å². The van der Waals surface area contributed by atoms with Gasteiger partial charge in [-0.1, -0.05) is 22.9 Å². The Balaban J connectivity index is 1.80. The van der Waals surface area contributed by atoms with Gasteiger partial charge < -0.3 is 4.74 Å². The van der Waals surface area contributed by atoms with Crippen molar-refractivity contribution in [3.05, 3.63) is 0 Å². The lowest BCUT2D eigenvalue weighted by molar-refractivity contribution is -0.0344. The third kappa shape index (κ3) is 2.50. The lowest BCUT2D eigenvalue weighted by atomic mass is 10.1. The SMILES string of the molecule is CCC1CN(CC2(CBr)CC2)CCO1. The Morgan fingerprint density at radius 3 is 2.86 bits per heavy atom. The van der Waals surface area contributed by atoms with Crippen molar-refractivity contribution < 1.29 is 4.74 Å². The topological polar surface area (TPSA) is 12.5 Å². The molecular weight excluding hydrogens is 242 g/mol. The monoisotopic (exact) mass is 261 g/mol. The number of ether oxygens (including phenoxy) is 1. The summed E-state index contributed by atoms with van der Waals surface area (Å²) in [4.78, 5) is 2.59. The predicted molar refractivity (Wildman–Crippen MR) is 61.9 cm³/mol. The number of halogens is 1. The van der Waals surface area contributed by atoms with Crippen LogP contribution in [0.3, 0.4) is 0 Å². The molecule has 1 aliphatic heterocycles. The van der Waals surface area contributed by atoms with Gasteiger partial charge >= 0.3 is 0 Å². The van der Waals surface area contributed by atoms with Gasteiger partial charge in [0.1, 0.15) is 0 Å². The maximum absolute atomic E-state index is 5.67. The molecule has 3 heteroatoms. The summed E-state index contributed by atoms with van der Waals surface area (Å²) in [5, 5.41) is 1.17. The maximum atomic E-state index is 5.67. The average molecular weight is 262 g/mol. The normalized spacial score (nSPS) is 31.7. The summed E-state index contributed by atoms with van der Waals surface area (Å²) in [6.45, 7) is 6.69. The highest BCUT2D eigenvalue weighted by Crippen LogP contribution is 2.47. The number of nitrogens with zero attached hydrogens (tertiary/aromatic N) is 1. The second-order valence-corrected chi connectivity index (χ2v) is 5.33. The molecule has 0 aromatic rings. The van der Waals surface area contributed by atoms with E-state index in [1.807, 2.05) is 0 Å². The van der Waals surface area contributed by atoms with Gasteiger partial charge in [-0.25, -0.2) is 0 Å². The summed E-state index contributed by atoms with van der Waals surface area (Å²) in [6.07, 6.45) is 4.45. The van der Waals surface area contributed by atoms with Crippen LogP contribution in [0.2, 0.25) is 0 Å². The number of hydrogen-bond donors (Lipinski definition) is 0. The van der Waals surface area contributed by atoms with Crippen LogP contribution < -0.4 is 0 Å². The third-order valence-electron chi connectivity index (χ3n) is 3.48. The van der Waals surface area contributed by atoms with Crippen molar-refractivity contribution in [2.75, 3.05) is 31.6 Å². The molecule has 1 aliphatic carbocycles. The molecule has 0 aromatic heterocycles. The van der Waals surface area contributed by atoms with Crippen molar-refractivity contribution in [3.8, 4) is 0 Å². The van der Waals surface area contributed by atoms with Crippen LogP contribution in [0.4, 0.5) is 0 Å². The van der Waals surface area contributed by atoms with E-state index >= 15 is 0 Å². The second kappa shape index (κ2) is 4.50. The quantitative estimate of drug-likeness (QED) is 0.721. The lowest BCUT2D eigenvalue weighted by Gasteiger charge is -2.34. The minimum atomic E-state index is 0.481. The van der Waals surface area contributed by atoms with Crippen LogP contribution in [0.25, 0.3) is 0 Å². The summed E-state index contributed by atoms with van der Waals surface area (Å²) >= 11 is 3.63. The highest BCUT2D eigenvalue weighted by atomic mass is 79.9. The molecule has 1 unspecified atom stereocenters. The van der Waals surface area contributed by atoms with Gasteiger partial charge in [-0.05, 0) is 24.7 Å². The molecule has 1 saturated carbocycles. The minimum Gasteiger partial charge on any atom is -0.376 e. The molecule has 0 amide bonds. The summed E-state index contributed by atoms with van der Waals surface area (Å²) < 4.78 is 5.67. The first-order chi connectivity index (χ1) is 6.78. The average Bonchev–Trinajstić information content (AvgIpc) is 2.99. The van der Waals surface area contributed by atoms with E-state index in [0.29, 0.717) is 11.5 Å². The Kier molecular flexibility index (Phi) is 3.50. The minimum absolute atomic E-state index is 0.481. The van der Waals surface area contributed by atoms with E-state index < -0.39 is 0 Å². The van der Waals surface area contributed by atoms with Gasteiger partial charge in [0.05, 0.1) is 12.7 Å². The van der Waals surface area contributed by atoms with Gasteiger partial charge in [-0.3, -0.25) is 4.90 Å². The van der Waals surface area contributed by atoms with Crippen LogP contribution in [-0.4, -0.2) is 42.6 Å². The highest BCUT2D eigenvalue weighted by Gasteiger charge is 2.43. The zero-order chi connectivity index (χ0) is 10.0. The van der Waals surface area contributed by atoms with Gasteiger partial charge in [0, 0.05) is 25.0 Å². The molecule has 2 aliphatic rings. The van der Waals surface area contributed by atoms with Crippen LogP contribution in [-0.2, 0) is 4.74 Å². The number of morpholine rings is 1.